The molecular weight excluding hydrogens is 358 g/mol. The van der Waals surface area contributed by atoms with Crippen molar-refractivity contribution in [2.75, 3.05) is 24.7 Å². The minimum Gasteiger partial charge on any atom is -0.504 e. The Balaban J connectivity index is 2.07. The van der Waals surface area contributed by atoms with Crippen LogP contribution >= 0.6 is 0 Å². The van der Waals surface area contributed by atoms with E-state index in [0.29, 0.717) is 22.6 Å². The number of hydrogen-bond donors (Lipinski definition) is 2. The summed E-state index contributed by atoms with van der Waals surface area (Å²) in [6.45, 7) is 0. The van der Waals surface area contributed by atoms with E-state index in [0.717, 1.165) is 10.6 Å². The number of phenolic OH excluding ortho intramolecular Hbond substituents is 1. The molecule has 2 rings (SSSR count). The Bertz CT molecular complexity index is 924. The number of carbonyl (C=O) groups excluding carboxylic acids is 1. The van der Waals surface area contributed by atoms with Gasteiger partial charge in [0.2, 0.25) is 10.0 Å². The molecule has 0 fully saturated rings. The van der Waals surface area contributed by atoms with Crippen LogP contribution in [0.2, 0.25) is 0 Å². The fourth-order valence-corrected chi connectivity index (χ4v) is 2.55. The van der Waals surface area contributed by atoms with E-state index in [1.54, 1.807) is 18.2 Å². The van der Waals surface area contributed by atoms with Gasteiger partial charge in [-0.2, -0.15) is 5.10 Å². The molecule has 0 aromatic heterocycles. The number of hydrazone groups is 1. The first-order chi connectivity index (χ1) is 12.2. The van der Waals surface area contributed by atoms with Crippen molar-refractivity contribution in [3.8, 4) is 11.5 Å². The largest absolute Gasteiger partial charge is 0.504 e. The molecule has 0 heterocycles. The smallest absolute Gasteiger partial charge is 0.271 e. The number of aromatic hydroxyl groups is 1. The Hall–Kier alpha value is -3.07. The highest BCUT2D eigenvalue weighted by molar-refractivity contribution is 7.92. The normalized spacial score (nSPS) is 11.3. The third-order valence-corrected chi connectivity index (χ3v) is 4.82. The summed E-state index contributed by atoms with van der Waals surface area (Å²) in [5.41, 5.74) is 3.47. The first kappa shape index (κ1) is 19.3. The van der Waals surface area contributed by atoms with Gasteiger partial charge in [0.15, 0.2) is 11.5 Å². The highest BCUT2D eigenvalue weighted by atomic mass is 32.2. The first-order valence-corrected chi connectivity index (χ1v) is 9.32. The first-order valence-electron chi connectivity index (χ1n) is 7.47. The molecule has 8 nitrogen and oxygen atoms in total. The van der Waals surface area contributed by atoms with Gasteiger partial charge in [-0.15, -0.1) is 0 Å². The van der Waals surface area contributed by atoms with Crippen molar-refractivity contribution in [1.29, 1.82) is 0 Å². The molecular formula is C17H19N3O5S. The molecule has 0 spiro atoms. The fraction of sp³-hybridized carbons (Fsp3) is 0.176. The number of ether oxygens (including phenoxy) is 1. The van der Waals surface area contributed by atoms with Crippen molar-refractivity contribution in [1.82, 2.24) is 5.43 Å². The summed E-state index contributed by atoms with van der Waals surface area (Å²) >= 11 is 0. The quantitative estimate of drug-likeness (QED) is 0.587. The molecule has 0 bridgehead atoms. The molecule has 0 saturated heterocycles. The van der Waals surface area contributed by atoms with E-state index >= 15 is 0 Å². The van der Waals surface area contributed by atoms with Crippen LogP contribution in [0.5, 0.6) is 11.5 Å². The van der Waals surface area contributed by atoms with Gasteiger partial charge in [-0.05, 0) is 36.4 Å². The zero-order valence-corrected chi connectivity index (χ0v) is 15.3. The van der Waals surface area contributed by atoms with Crippen molar-refractivity contribution in [2.45, 2.75) is 0 Å². The lowest BCUT2D eigenvalue weighted by Crippen LogP contribution is -2.25. The summed E-state index contributed by atoms with van der Waals surface area (Å²) in [5, 5.41) is 13.7. The average molecular weight is 377 g/mol. The van der Waals surface area contributed by atoms with Crippen LogP contribution in [0.15, 0.2) is 47.6 Å². The van der Waals surface area contributed by atoms with Gasteiger partial charge in [-0.1, -0.05) is 6.07 Å². The van der Waals surface area contributed by atoms with Crippen LogP contribution in [0.25, 0.3) is 0 Å². The van der Waals surface area contributed by atoms with Crippen LogP contribution in [0, 0.1) is 0 Å². The van der Waals surface area contributed by atoms with Crippen LogP contribution < -0.4 is 14.5 Å². The number of anilines is 1. The van der Waals surface area contributed by atoms with E-state index in [-0.39, 0.29) is 5.75 Å². The van der Waals surface area contributed by atoms with E-state index in [1.807, 2.05) is 0 Å². The standard InChI is InChI=1S/C17H19N3O5S/c1-20(26(3,23)24)14-9-7-12(8-10-14)17(22)19-18-11-13-5-4-6-15(25-2)16(13)21/h4-11,21H,1-3H3,(H,19,22)/b18-11-. The summed E-state index contributed by atoms with van der Waals surface area (Å²) in [5.74, 6) is -0.260. The van der Waals surface area contributed by atoms with Gasteiger partial charge >= 0.3 is 0 Å². The second-order valence-electron chi connectivity index (χ2n) is 5.37. The monoisotopic (exact) mass is 377 g/mol. The molecule has 0 radical (unpaired) electrons. The molecule has 2 aromatic carbocycles. The average Bonchev–Trinajstić information content (AvgIpc) is 2.61. The molecule has 0 atom stereocenters. The van der Waals surface area contributed by atoms with Crippen molar-refractivity contribution < 1.29 is 23.1 Å². The summed E-state index contributed by atoms with van der Waals surface area (Å²) in [7, 11) is -0.509. The van der Waals surface area contributed by atoms with Crippen LogP contribution in [0.3, 0.4) is 0 Å². The van der Waals surface area contributed by atoms with Gasteiger partial charge in [-0.3, -0.25) is 9.10 Å². The highest BCUT2D eigenvalue weighted by Crippen LogP contribution is 2.27. The maximum Gasteiger partial charge on any atom is 0.271 e. The van der Waals surface area contributed by atoms with Crippen LogP contribution in [0.1, 0.15) is 15.9 Å². The zero-order valence-electron chi connectivity index (χ0n) is 14.5. The minimum absolute atomic E-state index is 0.0823. The minimum atomic E-state index is -3.37. The van der Waals surface area contributed by atoms with Gasteiger partial charge in [0.1, 0.15) is 0 Å². The van der Waals surface area contributed by atoms with Crippen LogP contribution in [-0.4, -0.2) is 46.1 Å². The van der Waals surface area contributed by atoms with Crippen molar-refractivity contribution >= 4 is 27.8 Å². The fourth-order valence-electron chi connectivity index (χ4n) is 2.05. The zero-order chi connectivity index (χ0) is 19.3. The molecule has 1 amide bonds. The number of rotatable bonds is 6. The summed E-state index contributed by atoms with van der Waals surface area (Å²) < 4.78 is 29.1. The lowest BCUT2D eigenvalue weighted by Gasteiger charge is -2.16. The topological polar surface area (TPSA) is 108 Å². The number of carbonyl (C=O) groups is 1. The van der Waals surface area contributed by atoms with E-state index in [4.69, 9.17) is 4.74 Å². The number of methoxy groups -OCH3 is 1. The Morgan fingerprint density at radius 3 is 2.46 bits per heavy atom. The van der Waals surface area contributed by atoms with Gasteiger partial charge in [0, 0.05) is 18.2 Å². The van der Waals surface area contributed by atoms with Crippen molar-refractivity contribution in [3.63, 3.8) is 0 Å². The number of phenols is 1. The summed E-state index contributed by atoms with van der Waals surface area (Å²) in [6.07, 6.45) is 2.39. The molecule has 0 saturated carbocycles. The van der Waals surface area contributed by atoms with Crippen LogP contribution in [0.4, 0.5) is 5.69 Å². The number of sulfonamides is 1. The molecule has 0 unspecified atom stereocenters. The maximum absolute atomic E-state index is 12.1. The molecule has 0 aliphatic rings. The molecule has 9 heteroatoms. The number of benzene rings is 2. The van der Waals surface area contributed by atoms with Crippen molar-refractivity contribution in [2.24, 2.45) is 5.10 Å². The highest BCUT2D eigenvalue weighted by Gasteiger charge is 2.12. The molecule has 2 aromatic rings. The van der Waals surface area contributed by atoms with Gasteiger partial charge < -0.3 is 9.84 Å². The lowest BCUT2D eigenvalue weighted by atomic mass is 10.2. The predicted octanol–water partition coefficient (Wildman–Crippen LogP) is 1.56. The molecule has 138 valence electrons. The van der Waals surface area contributed by atoms with E-state index in [2.05, 4.69) is 10.5 Å². The second-order valence-corrected chi connectivity index (χ2v) is 7.39. The third kappa shape index (κ3) is 4.51. The Labute approximate surface area is 151 Å². The number of para-hydroxylation sites is 1. The van der Waals surface area contributed by atoms with Crippen LogP contribution in [-0.2, 0) is 10.0 Å². The van der Waals surface area contributed by atoms with E-state index in [9.17, 15) is 18.3 Å². The number of nitrogens with zero attached hydrogens (tertiary/aromatic N) is 2. The molecule has 2 N–H and O–H groups in total. The SMILES string of the molecule is COc1cccc(/C=N\NC(=O)c2ccc(N(C)S(C)(=O)=O)cc2)c1O. The van der Waals surface area contributed by atoms with Gasteiger partial charge in [0.05, 0.1) is 25.3 Å². The molecule has 0 aliphatic heterocycles. The summed E-state index contributed by atoms with van der Waals surface area (Å²) in [4.78, 5) is 12.1. The van der Waals surface area contributed by atoms with E-state index < -0.39 is 15.9 Å². The Kier molecular flexibility index (Phi) is 5.83. The maximum atomic E-state index is 12.1. The number of hydrogen-bond acceptors (Lipinski definition) is 6. The second kappa shape index (κ2) is 7.87. The molecule has 26 heavy (non-hydrogen) atoms. The summed E-state index contributed by atoms with van der Waals surface area (Å²) in [6, 6.07) is 10.9. The van der Waals surface area contributed by atoms with Gasteiger partial charge in [-0.25, -0.2) is 13.8 Å². The Morgan fingerprint density at radius 2 is 1.88 bits per heavy atom. The van der Waals surface area contributed by atoms with E-state index in [1.165, 1.54) is 44.6 Å². The predicted molar refractivity (Wildman–Crippen MR) is 99.4 cm³/mol. The lowest BCUT2D eigenvalue weighted by molar-refractivity contribution is 0.0955. The Morgan fingerprint density at radius 1 is 1.23 bits per heavy atom. The van der Waals surface area contributed by atoms with Gasteiger partial charge in [0.25, 0.3) is 5.91 Å². The number of nitrogens with one attached hydrogen (secondary N) is 1. The molecule has 0 aliphatic carbocycles. The van der Waals surface area contributed by atoms with Crippen molar-refractivity contribution in [3.05, 3.63) is 53.6 Å². The number of amides is 1. The third-order valence-electron chi connectivity index (χ3n) is 3.61.